The summed E-state index contributed by atoms with van der Waals surface area (Å²) in [4.78, 5) is 19.4. The van der Waals surface area contributed by atoms with E-state index < -0.39 is 29.0 Å². The second-order valence-corrected chi connectivity index (χ2v) is 11.8. The van der Waals surface area contributed by atoms with Crippen molar-refractivity contribution in [2.75, 3.05) is 37.0 Å². The molecule has 43 heavy (non-hydrogen) atoms. The molecule has 1 aliphatic rings. The van der Waals surface area contributed by atoms with Crippen LogP contribution in [0.25, 0.3) is 0 Å². The predicted octanol–water partition coefficient (Wildman–Crippen LogP) is 4.88. The van der Waals surface area contributed by atoms with Crippen LogP contribution in [0.15, 0.2) is 47.7 Å². The third-order valence-corrected chi connectivity index (χ3v) is 8.15. The highest BCUT2D eigenvalue weighted by molar-refractivity contribution is 7.19. The van der Waals surface area contributed by atoms with Gasteiger partial charge in [0.05, 0.1) is 57.2 Å². The minimum Gasteiger partial charge on any atom is -0.497 e. The topological polar surface area (TPSA) is 112 Å². The van der Waals surface area contributed by atoms with Crippen LogP contribution in [0.5, 0.6) is 5.75 Å². The van der Waals surface area contributed by atoms with Gasteiger partial charge in [0.1, 0.15) is 21.3 Å². The van der Waals surface area contributed by atoms with Crippen LogP contribution in [0.1, 0.15) is 42.6 Å². The second kappa shape index (κ2) is 13.3. The number of thiazole rings is 1. The molecule has 0 aliphatic carbocycles. The molecular weight excluding hydrogens is 609 g/mol. The average molecular weight is 639 g/mol. The zero-order valence-electron chi connectivity index (χ0n) is 23.4. The molecule has 1 atom stereocenters. The highest BCUT2D eigenvalue weighted by Crippen LogP contribution is 2.33. The third-order valence-electron chi connectivity index (χ3n) is 6.97. The molecule has 0 radical (unpaired) electrons. The van der Waals surface area contributed by atoms with E-state index in [1.807, 2.05) is 10.9 Å². The maximum Gasteiger partial charge on any atom is 0.423 e. The lowest BCUT2D eigenvalue weighted by Gasteiger charge is -2.31. The van der Waals surface area contributed by atoms with Crippen molar-refractivity contribution in [3.63, 3.8) is 0 Å². The number of hydrogen-bond acceptors (Lipinski definition) is 10. The van der Waals surface area contributed by atoms with Crippen molar-refractivity contribution in [2.24, 2.45) is 0 Å². The smallest absolute Gasteiger partial charge is 0.423 e. The molecule has 11 nitrogen and oxygen atoms in total. The van der Waals surface area contributed by atoms with Gasteiger partial charge in [-0.2, -0.15) is 18.3 Å². The van der Waals surface area contributed by atoms with Gasteiger partial charge in [0.25, 0.3) is 5.56 Å². The molecule has 1 fully saturated rings. The summed E-state index contributed by atoms with van der Waals surface area (Å²) in [7, 11) is 1.51. The van der Waals surface area contributed by atoms with Gasteiger partial charge in [0, 0.05) is 19.1 Å². The van der Waals surface area contributed by atoms with Gasteiger partial charge < -0.3 is 19.7 Å². The van der Waals surface area contributed by atoms with Crippen molar-refractivity contribution in [1.82, 2.24) is 29.8 Å². The zero-order chi connectivity index (χ0) is 30.6. The number of hydrogen-bond donors (Lipinski definition) is 1. The Morgan fingerprint density at radius 1 is 1.19 bits per heavy atom. The summed E-state index contributed by atoms with van der Waals surface area (Å²) >= 11 is 7.46. The largest absolute Gasteiger partial charge is 0.497 e. The summed E-state index contributed by atoms with van der Waals surface area (Å²) in [5.41, 5.74) is -1.74. The molecule has 0 bridgehead atoms. The van der Waals surface area contributed by atoms with E-state index in [1.54, 1.807) is 37.4 Å². The van der Waals surface area contributed by atoms with Crippen molar-refractivity contribution in [2.45, 2.75) is 51.2 Å². The molecule has 1 saturated heterocycles. The molecule has 1 unspecified atom stereocenters. The fourth-order valence-corrected chi connectivity index (χ4v) is 5.76. The van der Waals surface area contributed by atoms with E-state index in [4.69, 9.17) is 21.1 Å². The Morgan fingerprint density at radius 3 is 2.58 bits per heavy atom. The summed E-state index contributed by atoms with van der Waals surface area (Å²) in [6.07, 6.45) is 1.36. The molecule has 230 valence electrons. The molecule has 0 saturated carbocycles. The number of aromatic nitrogens is 6. The van der Waals surface area contributed by atoms with Gasteiger partial charge in [0.15, 0.2) is 5.13 Å². The number of piperidine rings is 1. The van der Waals surface area contributed by atoms with Gasteiger partial charge >= 0.3 is 6.18 Å². The molecule has 0 amide bonds. The number of benzene rings is 1. The van der Waals surface area contributed by atoms with E-state index in [9.17, 15) is 18.0 Å². The number of anilines is 2. The van der Waals surface area contributed by atoms with E-state index in [2.05, 4.69) is 30.6 Å². The first-order chi connectivity index (χ1) is 20.6. The van der Waals surface area contributed by atoms with Crippen molar-refractivity contribution < 1.29 is 22.6 Å². The summed E-state index contributed by atoms with van der Waals surface area (Å²) < 4.78 is 56.0. The van der Waals surface area contributed by atoms with Crippen LogP contribution in [0.4, 0.5) is 24.0 Å². The van der Waals surface area contributed by atoms with Crippen LogP contribution in [-0.4, -0.2) is 62.6 Å². The Labute approximate surface area is 254 Å². The molecule has 1 N–H and O–H groups in total. The highest BCUT2D eigenvalue weighted by atomic mass is 35.5. The Hall–Kier alpha value is -3.69. The standard InChI is InChI=1S/C27H30ClF3N8O3S/c1-17(15-42-16-19-14-38(36-35-19)20-7-9-37(10-8-20)26-32-12-23(28)43-26)34-22-11-33-39(25(40)24(22)27(29,30)31)13-18-3-5-21(41-2)6-4-18/h3-6,11-12,14,17,20,34H,7-10,13,15-16H2,1-2H3. The number of nitrogens with one attached hydrogen (secondary N) is 1. The van der Waals surface area contributed by atoms with E-state index in [0.717, 1.165) is 41.9 Å². The Balaban J connectivity index is 1.14. The van der Waals surface area contributed by atoms with E-state index in [1.165, 1.54) is 18.4 Å². The lowest BCUT2D eigenvalue weighted by atomic mass is 10.1. The van der Waals surface area contributed by atoms with Crippen LogP contribution in [0.3, 0.4) is 0 Å². The second-order valence-electron chi connectivity index (χ2n) is 10.2. The van der Waals surface area contributed by atoms with Gasteiger partial charge in [-0.3, -0.25) is 4.79 Å². The maximum absolute atomic E-state index is 14.0. The predicted molar refractivity (Wildman–Crippen MR) is 156 cm³/mol. The minimum absolute atomic E-state index is 0.0633. The lowest BCUT2D eigenvalue weighted by Crippen LogP contribution is -2.34. The number of rotatable bonds is 11. The maximum atomic E-state index is 14.0. The van der Waals surface area contributed by atoms with Crippen LogP contribution in [-0.2, 0) is 24.1 Å². The SMILES string of the molecule is COc1ccc(Cn2ncc(NC(C)COCc3cn(C4CCN(c5ncc(Cl)s5)CC4)nn3)c(C(F)(F)F)c2=O)cc1. The number of methoxy groups -OCH3 is 1. The highest BCUT2D eigenvalue weighted by Gasteiger charge is 2.38. The molecule has 5 rings (SSSR count). The summed E-state index contributed by atoms with van der Waals surface area (Å²) in [5.74, 6) is 0.593. The number of ether oxygens (including phenoxy) is 2. The van der Waals surface area contributed by atoms with Crippen molar-refractivity contribution >= 4 is 33.8 Å². The van der Waals surface area contributed by atoms with Gasteiger partial charge in [-0.15, -0.1) is 5.10 Å². The summed E-state index contributed by atoms with van der Waals surface area (Å²) in [5, 5.41) is 16.0. The van der Waals surface area contributed by atoms with Crippen LogP contribution >= 0.6 is 22.9 Å². The number of halogens is 4. The molecule has 4 heterocycles. The van der Waals surface area contributed by atoms with E-state index >= 15 is 0 Å². The molecule has 1 aromatic carbocycles. The molecule has 4 aromatic rings. The fraction of sp³-hybridized carbons (Fsp3) is 0.444. The monoisotopic (exact) mass is 638 g/mol. The van der Waals surface area contributed by atoms with E-state index in [0.29, 0.717) is 21.3 Å². The Bertz CT molecular complexity index is 1570. The van der Waals surface area contributed by atoms with Crippen LogP contribution < -0.4 is 20.5 Å². The quantitative estimate of drug-likeness (QED) is 0.246. The Kier molecular flexibility index (Phi) is 9.52. The van der Waals surface area contributed by atoms with Crippen molar-refractivity contribution in [3.8, 4) is 5.75 Å². The van der Waals surface area contributed by atoms with Crippen LogP contribution in [0.2, 0.25) is 4.34 Å². The Morgan fingerprint density at radius 2 is 1.93 bits per heavy atom. The number of alkyl halides is 3. The van der Waals surface area contributed by atoms with Crippen molar-refractivity contribution in [3.05, 3.63) is 74.4 Å². The minimum atomic E-state index is -4.88. The van der Waals surface area contributed by atoms with Gasteiger partial charge in [-0.05, 0) is 37.5 Å². The normalized spacial score (nSPS) is 15.1. The van der Waals surface area contributed by atoms with Crippen LogP contribution in [0, 0.1) is 0 Å². The van der Waals surface area contributed by atoms with Gasteiger partial charge in [-0.25, -0.2) is 14.3 Å². The first kappa shape index (κ1) is 30.8. The van der Waals surface area contributed by atoms with E-state index in [-0.39, 0.29) is 25.8 Å². The first-order valence-corrected chi connectivity index (χ1v) is 14.7. The first-order valence-electron chi connectivity index (χ1n) is 13.5. The van der Waals surface area contributed by atoms with Crippen molar-refractivity contribution in [1.29, 1.82) is 0 Å². The fourth-order valence-electron chi connectivity index (χ4n) is 4.81. The van der Waals surface area contributed by atoms with Gasteiger partial charge in [0.2, 0.25) is 0 Å². The zero-order valence-corrected chi connectivity index (χ0v) is 25.0. The molecule has 3 aromatic heterocycles. The third kappa shape index (κ3) is 7.64. The summed E-state index contributed by atoms with van der Waals surface area (Å²) in [6, 6.07) is 6.27. The molecule has 1 aliphatic heterocycles. The molecule has 16 heteroatoms. The lowest BCUT2D eigenvalue weighted by molar-refractivity contribution is -0.138. The molecular formula is C27H30ClF3N8O3S. The number of nitrogens with zero attached hydrogens (tertiary/aromatic N) is 7. The average Bonchev–Trinajstić information content (AvgIpc) is 3.63. The van der Waals surface area contributed by atoms with Gasteiger partial charge in [-0.1, -0.05) is 40.3 Å². The summed E-state index contributed by atoms with van der Waals surface area (Å²) in [6.45, 7) is 3.38. The molecule has 0 spiro atoms.